The van der Waals surface area contributed by atoms with Crippen LogP contribution in [0.1, 0.15) is 17.3 Å². The molecule has 0 amide bonds. The van der Waals surface area contributed by atoms with E-state index in [4.69, 9.17) is 4.74 Å². The van der Waals surface area contributed by atoms with Crippen molar-refractivity contribution in [3.05, 3.63) is 45.2 Å². The molecule has 0 fully saturated rings. The van der Waals surface area contributed by atoms with E-state index in [0.717, 1.165) is 10.2 Å². The van der Waals surface area contributed by atoms with E-state index in [9.17, 15) is 4.79 Å². The number of esters is 1. The summed E-state index contributed by atoms with van der Waals surface area (Å²) in [4.78, 5) is 20.0. The predicted octanol–water partition coefficient (Wildman–Crippen LogP) is 3.92. The van der Waals surface area contributed by atoms with Gasteiger partial charge in [0, 0.05) is 10.2 Å². The lowest BCUT2D eigenvalue weighted by Crippen LogP contribution is -2.11. The third-order valence-electron chi connectivity index (χ3n) is 2.39. The lowest BCUT2D eigenvalue weighted by molar-refractivity contribution is 0.0525. The van der Waals surface area contributed by atoms with Crippen molar-refractivity contribution in [2.45, 2.75) is 6.92 Å². The number of nitrogens with one attached hydrogen (secondary N) is 1. The van der Waals surface area contributed by atoms with Crippen LogP contribution in [0.3, 0.4) is 0 Å². The molecule has 0 aliphatic rings. The van der Waals surface area contributed by atoms with Crippen molar-refractivity contribution in [3.63, 3.8) is 0 Å². The zero-order valence-corrected chi connectivity index (χ0v) is 13.7. The van der Waals surface area contributed by atoms with Crippen LogP contribution >= 0.6 is 31.9 Å². The summed E-state index contributed by atoms with van der Waals surface area (Å²) in [5.74, 6) is -0.0766. The minimum Gasteiger partial charge on any atom is -0.462 e. The Bertz CT molecular complexity index is 618. The van der Waals surface area contributed by atoms with E-state index in [-0.39, 0.29) is 12.2 Å². The van der Waals surface area contributed by atoms with Crippen LogP contribution in [0.25, 0.3) is 0 Å². The molecule has 0 radical (unpaired) electrons. The average Bonchev–Trinajstić information content (AvgIpc) is 2.42. The maximum Gasteiger partial charge on any atom is 0.344 e. The maximum absolute atomic E-state index is 12.0. The quantitative estimate of drug-likeness (QED) is 0.622. The van der Waals surface area contributed by atoms with Gasteiger partial charge in [0.1, 0.15) is 22.3 Å². The molecule has 0 spiro atoms. The molecule has 2 aromatic rings. The number of halogens is 2. The molecule has 2 rings (SSSR count). The topological polar surface area (TPSA) is 64.1 Å². The number of ether oxygens (including phenoxy) is 1. The summed E-state index contributed by atoms with van der Waals surface area (Å²) in [6, 6.07) is 7.52. The first-order valence-electron chi connectivity index (χ1n) is 5.82. The molecular weight excluding hydrogens is 390 g/mol. The first kappa shape index (κ1) is 14.9. The van der Waals surface area contributed by atoms with Gasteiger partial charge < -0.3 is 10.1 Å². The van der Waals surface area contributed by atoms with E-state index in [1.54, 1.807) is 6.92 Å². The third-order valence-corrected chi connectivity index (χ3v) is 3.52. The van der Waals surface area contributed by atoms with Gasteiger partial charge in [-0.3, -0.25) is 0 Å². The Hall–Kier alpha value is -1.47. The lowest BCUT2D eigenvalue weighted by atomic mass is 10.2. The van der Waals surface area contributed by atoms with Gasteiger partial charge in [0.15, 0.2) is 0 Å². The molecule has 1 aromatic carbocycles. The zero-order valence-electron chi connectivity index (χ0n) is 10.6. The summed E-state index contributed by atoms with van der Waals surface area (Å²) in [5, 5.41) is 3.08. The zero-order chi connectivity index (χ0) is 14.5. The minimum atomic E-state index is -0.473. The van der Waals surface area contributed by atoms with E-state index >= 15 is 0 Å². The SMILES string of the molecule is CCOC(=O)c1c(Br)ncnc1Nc1ccc(Br)cc1. The van der Waals surface area contributed by atoms with E-state index in [2.05, 4.69) is 47.1 Å². The highest BCUT2D eigenvalue weighted by molar-refractivity contribution is 9.10. The second kappa shape index (κ2) is 6.81. The van der Waals surface area contributed by atoms with Crippen molar-refractivity contribution in [2.24, 2.45) is 0 Å². The van der Waals surface area contributed by atoms with Gasteiger partial charge in [0.2, 0.25) is 0 Å². The van der Waals surface area contributed by atoms with Gasteiger partial charge in [-0.15, -0.1) is 0 Å². The van der Waals surface area contributed by atoms with Gasteiger partial charge in [-0.25, -0.2) is 14.8 Å². The van der Waals surface area contributed by atoms with Crippen LogP contribution < -0.4 is 5.32 Å². The van der Waals surface area contributed by atoms with E-state index < -0.39 is 5.97 Å². The molecule has 0 aliphatic carbocycles. The van der Waals surface area contributed by atoms with Crippen LogP contribution in [0.2, 0.25) is 0 Å². The standard InChI is InChI=1S/C13H11Br2N3O2/c1-2-20-13(19)10-11(15)16-7-17-12(10)18-9-5-3-8(14)4-6-9/h3-7H,2H2,1H3,(H,16,17,18). The average molecular weight is 401 g/mol. The molecule has 0 saturated carbocycles. The molecular formula is C13H11Br2N3O2. The van der Waals surface area contributed by atoms with Crippen molar-refractivity contribution < 1.29 is 9.53 Å². The number of carbonyl (C=O) groups excluding carboxylic acids is 1. The second-order valence-electron chi connectivity index (χ2n) is 3.74. The maximum atomic E-state index is 12.0. The third kappa shape index (κ3) is 3.55. The molecule has 7 heteroatoms. The van der Waals surface area contributed by atoms with Gasteiger partial charge in [0.25, 0.3) is 0 Å². The van der Waals surface area contributed by atoms with E-state index in [1.807, 2.05) is 24.3 Å². The van der Waals surface area contributed by atoms with Gasteiger partial charge in [-0.1, -0.05) is 15.9 Å². The Kier molecular flexibility index (Phi) is 5.08. The van der Waals surface area contributed by atoms with Crippen LogP contribution in [0.4, 0.5) is 11.5 Å². The molecule has 0 bridgehead atoms. The Morgan fingerprint density at radius 3 is 2.60 bits per heavy atom. The van der Waals surface area contributed by atoms with Crippen molar-refractivity contribution in [2.75, 3.05) is 11.9 Å². The monoisotopic (exact) mass is 399 g/mol. The molecule has 0 aliphatic heterocycles. The molecule has 20 heavy (non-hydrogen) atoms. The summed E-state index contributed by atoms with van der Waals surface area (Å²) in [6.07, 6.45) is 1.37. The summed E-state index contributed by atoms with van der Waals surface area (Å²) >= 11 is 6.61. The highest BCUT2D eigenvalue weighted by Crippen LogP contribution is 2.25. The highest BCUT2D eigenvalue weighted by Gasteiger charge is 2.19. The van der Waals surface area contributed by atoms with Crippen LogP contribution in [0.5, 0.6) is 0 Å². The molecule has 5 nitrogen and oxygen atoms in total. The number of carbonyl (C=O) groups is 1. The number of hydrogen-bond acceptors (Lipinski definition) is 5. The van der Waals surface area contributed by atoms with Crippen LogP contribution in [0, 0.1) is 0 Å². The molecule has 0 unspecified atom stereocenters. The number of aromatic nitrogens is 2. The largest absolute Gasteiger partial charge is 0.462 e. The van der Waals surface area contributed by atoms with Gasteiger partial charge in [0.05, 0.1) is 6.61 Å². The normalized spacial score (nSPS) is 10.2. The molecule has 1 N–H and O–H groups in total. The number of benzene rings is 1. The summed E-state index contributed by atoms with van der Waals surface area (Å²) < 4.78 is 6.37. The summed E-state index contributed by atoms with van der Waals surface area (Å²) in [6.45, 7) is 2.04. The van der Waals surface area contributed by atoms with Gasteiger partial charge in [-0.05, 0) is 47.1 Å². The smallest absolute Gasteiger partial charge is 0.344 e. The van der Waals surface area contributed by atoms with Crippen LogP contribution in [0.15, 0.2) is 39.7 Å². The Morgan fingerprint density at radius 2 is 1.95 bits per heavy atom. The van der Waals surface area contributed by atoms with Crippen molar-refractivity contribution in [3.8, 4) is 0 Å². The fourth-order valence-electron chi connectivity index (χ4n) is 1.51. The number of rotatable bonds is 4. The Labute approximate surface area is 133 Å². The molecule has 0 saturated heterocycles. The van der Waals surface area contributed by atoms with Crippen LogP contribution in [-0.2, 0) is 4.74 Å². The fourth-order valence-corrected chi connectivity index (χ4v) is 2.22. The number of hydrogen-bond donors (Lipinski definition) is 1. The highest BCUT2D eigenvalue weighted by atomic mass is 79.9. The second-order valence-corrected chi connectivity index (χ2v) is 5.41. The summed E-state index contributed by atoms with van der Waals surface area (Å²) in [5.41, 5.74) is 1.08. The number of nitrogens with zero attached hydrogens (tertiary/aromatic N) is 2. The van der Waals surface area contributed by atoms with E-state index in [1.165, 1.54) is 6.33 Å². The molecule has 104 valence electrons. The summed E-state index contributed by atoms with van der Waals surface area (Å²) in [7, 11) is 0. The molecule has 1 aromatic heterocycles. The molecule has 1 heterocycles. The lowest BCUT2D eigenvalue weighted by Gasteiger charge is -2.11. The van der Waals surface area contributed by atoms with Crippen LogP contribution in [-0.4, -0.2) is 22.5 Å². The van der Waals surface area contributed by atoms with Gasteiger partial charge >= 0.3 is 5.97 Å². The van der Waals surface area contributed by atoms with Crippen molar-refractivity contribution in [1.29, 1.82) is 0 Å². The van der Waals surface area contributed by atoms with Crippen molar-refractivity contribution in [1.82, 2.24) is 9.97 Å². The Balaban J connectivity index is 2.34. The first-order chi connectivity index (χ1) is 9.61. The Morgan fingerprint density at radius 1 is 1.25 bits per heavy atom. The first-order valence-corrected chi connectivity index (χ1v) is 7.40. The minimum absolute atomic E-state index is 0.275. The fraction of sp³-hybridized carbons (Fsp3) is 0.154. The van der Waals surface area contributed by atoms with Crippen molar-refractivity contribution >= 4 is 49.3 Å². The number of anilines is 2. The van der Waals surface area contributed by atoms with Gasteiger partial charge in [-0.2, -0.15) is 0 Å². The predicted molar refractivity (Wildman–Crippen MR) is 83.1 cm³/mol. The molecule has 0 atom stereocenters. The van der Waals surface area contributed by atoms with E-state index in [0.29, 0.717) is 10.4 Å².